The van der Waals surface area contributed by atoms with Gasteiger partial charge in [0.2, 0.25) is 17.7 Å². The zero-order chi connectivity index (χ0) is 41.1. The fraction of sp³-hybridized carbons (Fsp3) is 0.452. The van der Waals surface area contributed by atoms with Gasteiger partial charge in [-0.15, -0.1) is 0 Å². The van der Waals surface area contributed by atoms with E-state index in [2.05, 4.69) is 5.32 Å². The molecule has 0 heterocycles. The monoisotopic (exact) mass is 761 g/mol. The SMILES string of the molecule is Cc1c(C)c(C)c(-c2cc(C[C@@H](C(=O)N(C(=O)CCc3ccc(F)cc3)[C@@H](C=O)CCCCN)N(C)C(=O)[C@H](CO)NC(=O)[C@H](C)N)ccc2O)c(C)c1C. The van der Waals surface area contributed by atoms with E-state index in [1.165, 1.54) is 44.3 Å². The van der Waals surface area contributed by atoms with Crippen molar-refractivity contribution in [3.63, 3.8) is 0 Å². The normalized spacial score (nSPS) is 13.4. The Balaban J connectivity index is 2.18. The molecule has 0 bridgehead atoms. The molecule has 0 saturated heterocycles. The van der Waals surface area contributed by atoms with E-state index in [9.17, 15) is 38.6 Å². The molecule has 0 saturated carbocycles. The van der Waals surface area contributed by atoms with E-state index >= 15 is 0 Å². The molecule has 0 aliphatic rings. The van der Waals surface area contributed by atoms with Crippen LogP contribution in [-0.4, -0.2) is 94.3 Å². The Bertz CT molecular complexity index is 1830. The lowest BCUT2D eigenvalue weighted by molar-refractivity contribution is -0.156. The van der Waals surface area contributed by atoms with Crippen LogP contribution in [0.3, 0.4) is 0 Å². The molecule has 13 heteroatoms. The van der Waals surface area contributed by atoms with Crippen molar-refractivity contribution < 1.29 is 38.6 Å². The zero-order valence-electron chi connectivity index (χ0n) is 32.9. The number of likely N-dealkylation sites (N-methyl/N-ethyl adjacent to an activating group) is 1. The quantitative estimate of drug-likeness (QED) is 0.0950. The number of unbranched alkanes of at least 4 members (excludes halogenated alkanes) is 1. The summed E-state index contributed by atoms with van der Waals surface area (Å²) in [5, 5.41) is 23.8. The van der Waals surface area contributed by atoms with E-state index in [1.54, 1.807) is 12.1 Å². The average molecular weight is 762 g/mol. The molecule has 3 aromatic carbocycles. The summed E-state index contributed by atoms with van der Waals surface area (Å²) in [6.07, 6.45) is 1.36. The van der Waals surface area contributed by atoms with Crippen molar-refractivity contribution in [1.82, 2.24) is 15.1 Å². The number of aryl methyl sites for hydroxylation is 1. The van der Waals surface area contributed by atoms with Crippen LogP contribution >= 0.6 is 0 Å². The van der Waals surface area contributed by atoms with Gasteiger partial charge in [0.25, 0.3) is 5.91 Å². The molecule has 0 aliphatic carbocycles. The fourth-order valence-corrected chi connectivity index (χ4v) is 6.73. The van der Waals surface area contributed by atoms with Gasteiger partial charge in [-0.1, -0.05) is 18.2 Å². The maximum atomic E-state index is 14.9. The van der Waals surface area contributed by atoms with Gasteiger partial charge in [-0.2, -0.15) is 0 Å². The van der Waals surface area contributed by atoms with E-state index in [0.29, 0.717) is 42.4 Å². The summed E-state index contributed by atoms with van der Waals surface area (Å²) in [6, 6.07) is 5.31. The molecule has 0 aliphatic heterocycles. The number of amides is 4. The van der Waals surface area contributed by atoms with Crippen molar-refractivity contribution in [1.29, 1.82) is 0 Å². The third kappa shape index (κ3) is 10.8. The van der Waals surface area contributed by atoms with Gasteiger partial charge < -0.3 is 36.7 Å². The minimum atomic E-state index is -1.48. The summed E-state index contributed by atoms with van der Waals surface area (Å²) in [5.41, 5.74) is 19.1. The molecule has 0 spiro atoms. The molecular weight excluding hydrogens is 705 g/mol. The second-order valence-corrected chi connectivity index (χ2v) is 14.3. The fourth-order valence-electron chi connectivity index (χ4n) is 6.73. The van der Waals surface area contributed by atoms with Crippen molar-refractivity contribution in [2.45, 2.75) is 104 Å². The lowest BCUT2D eigenvalue weighted by Gasteiger charge is -2.36. The molecule has 0 aromatic heterocycles. The lowest BCUT2D eigenvalue weighted by atomic mass is 9.85. The number of phenols is 1. The van der Waals surface area contributed by atoms with Crippen LogP contribution in [-0.2, 0) is 36.8 Å². The second kappa shape index (κ2) is 20.1. The van der Waals surface area contributed by atoms with Gasteiger partial charge in [0.15, 0.2) is 0 Å². The number of hydrogen-bond donors (Lipinski definition) is 5. The van der Waals surface area contributed by atoms with E-state index in [-0.39, 0.29) is 31.4 Å². The molecule has 4 amide bonds. The summed E-state index contributed by atoms with van der Waals surface area (Å²) in [5.74, 6) is -3.53. The first-order valence-electron chi connectivity index (χ1n) is 18.6. The third-order valence-corrected chi connectivity index (χ3v) is 10.6. The molecule has 7 N–H and O–H groups in total. The van der Waals surface area contributed by atoms with Gasteiger partial charge in [0.05, 0.1) is 18.7 Å². The smallest absolute Gasteiger partial charge is 0.252 e. The van der Waals surface area contributed by atoms with E-state index in [1.807, 2.05) is 34.6 Å². The van der Waals surface area contributed by atoms with Gasteiger partial charge >= 0.3 is 0 Å². The van der Waals surface area contributed by atoms with Crippen LogP contribution in [0, 0.1) is 40.4 Å². The number of nitrogens with one attached hydrogen (secondary N) is 1. The predicted molar refractivity (Wildman–Crippen MR) is 209 cm³/mol. The van der Waals surface area contributed by atoms with Crippen LogP contribution in [0.25, 0.3) is 11.1 Å². The minimum Gasteiger partial charge on any atom is -0.507 e. The number of carbonyl (C=O) groups is 5. The largest absolute Gasteiger partial charge is 0.507 e. The van der Waals surface area contributed by atoms with Crippen molar-refractivity contribution in [3.8, 4) is 16.9 Å². The Morgan fingerprint density at radius 3 is 2.02 bits per heavy atom. The standard InChI is InChI=1S/C42H56FN5O7/c1-24-25(2)27(4)39(28(5)26(24)3)34-20-31(13-17-37(34)51)21-36(47(7)41(54)35(23-50)46-40(53)29(6)45)42(55)48(33(22-49)10-8-9-19-44)38(52)18-14-30-11-15-32(43)16-12-30/h11-13,15-17,20,22,29,33,35-36,50-51H,8-10,14,18-19,21,23,44-45H2,1-7H3,(H,46,53)/t29-,33+,35-,36-/m0/s1. The number of aldehydes is 1. The number of aliphatic hydroxyl groups excluding tert-OH is 1. The summed E-state index contributed by atoms with van der Waals surface area (Å²) in [4.78, 5) is 70.0. The Hall–Kier alpha value is -4.98. The van der Waals surface area contributed by atoms with Crippen molar-refractivity contribution >= 4 is 29.9 Å². The van der Waals surface area contributed by atoms with E-state index in [4.69, 9.17) is 11.5 Å². The van der Waals surface area contributed by atoms with Gasteiger partial charge in [0, 0.05) is 25.5 Å². The zero-order valence-corrected chi connectivity index (χ0v) is 32.9. The number of aliphatic hydroxyl groups is 1. The highest BCUT2D eigenvalue weighted by Crippen LogP contribution is 2.39. The summed E-state index contributed by atoms with van der Waals surface area (Å²) < 4.78 is 13.6. The number of phenolic OH excluding ortho intramolecular Hbond substituents is 1. The van der Waals surface area contributed by atoms with Gasteiger partial charge in [-0.3, -0.25) is 24.1 Å². The molecule has 298 valence electrons. The van der Waals surface area contributed by atoms with E-state index < -0.39 is 60.2 Å². The number of rotatable bonds is 18. The highest BCUT2D eigenvalue weighted by atomic mass is 19.1. The van der Waals surface area contributed by atoms with Crippen LogP contribution in [0.5, 0.6) is 5.75 Å². The number of hydrogen-bond acceptors (Lipinski definition) is 9. The summed E-state index contributed by atoms with van der Waals surface area (Å²) >= 11 is 0. The molecule has 4 atom stereocenters. The van der Waals surface area contributed by atoms with Crippen molar-refractivity contribution in [2.75, 3.05) is 20.2 Å². The highest BCUT2D eigenvalue weighted by molar-refractivity contribution is 6.02. The highest BCUT2D eigenvalue weighted by Gasteiger charge is 2.39. The molecule has 55 heavy (non-hydrogen) atoms. The predicted octanol–water partition coefficient (Wildman–Crippen LogP) is 3.62. The summed E-state index contributed by atoms with van der Waals surface area (Å²) in [7, 11) is 1.32. The maximum absolute atomic E-state index is 14.9. The Morgan fingerprint density at radius 2 is 1.47 bits per heavy atom. The Kier molecular flexibility index (Phi) is 16.2. The van der Waals surface area contributed by atoms with Crippen molar-refractivity contribution in [3.05, 3.63) is 87.2 Å². The number of imide groups is 1. The minimum absolute atomic E-state index is 0.00221. The van der Waals surface area contributed by atoms with Gasteiger partial charge in [0.1, 0.15) is 29.9 Å². The number of nitrogens with two attached hydrogens (primary N) is 2. The molecule has 0 fully saturated rings. The van der Waals surface area contributed by atoms with Crippen LogP contribution in [0.2, 0.25) is 0 Å². The van der Waals surface area contributed by atoms with Crippen molar-refractivity contribution in [2.24, 2.45) is 11.5 Å². The van der Waals surface area contributed by atoms with Crippen LogP contribution < -0.4 is 16.8 Å². The second-order valence-electron chi connectivity index (χ2n) is 14.3. The summed E-state index contributed by atoms with van der Waals surface area (Å²) in [6.45, 7) is 10.9. The first-order valence-corrected chi connectivity index (χ1v) is 18.6. The van der Waals surface area contributed by atoms with E-state index in [0.717, 1.165) is 43.2 Å². The molecule has 3 rings (SSSR count). The number of nitrogens with zero attached hydrogens (tertiary/aromatic N) is 2. The molecule has 12 nitrogen and oxygen atoms in total. The van der Waals surface area contributed by atoms with Crippen LogP contribution in [0.4, 0.5) is 4.39 Å². The molecule has 0 radical (unpaired) electrons. The third-order valence-electron chi connectivity index (χ3n) is 10.6. The Labute approximate surface area is 323 Å². The first kappa shape index (κ1) is 44.4. The number of benzene rings is 3. The topological polar surface area (TPSA) is 196 Å². The molecular formula is C42H56FN5O7. The number of carbonyl (C=O) groups excluding carboxylic acids is 5. The first-order chi connectivity index (χ1) is 26.0. The molecule has 3 aromatic rings. The van der Waals surface area contributed by atoms with Gasteiger partial charge in [-0.25, -0.2) is 4.39 Å². The number of halogens is 1. The molecule has 0 unspecified atom stereocenters. The van der Waals surface area contributed by atoms with Crippen LogP contribution in [0.15, 0.2) is 42.5 Å². The Morgan fingerprint density at radius 1 is 0.891 bits per heavy atom. The van der Waals surface area contributed by atoms with Crippen LogP contribution in [0.1, 0.15) is 71.6 Å². The average Bonchev–Trinajstić information content (AvgIpc) is 3.16. The number of aromatic hydroxyl groups is 1. The lowest BCUT2D eigenvalue weighted by Crippen LogP contribution is -2.60. The maximum Gasteiger partial charge on any atom is 0.252 e. The van der Waals surface area contributed by atoms with Gasteiger partial charge in [-0.05, 0) is 143 Å².